The van der Waals surface area contributed by atoms with Crippen molar-refractivity contribution in [1.82, 2.24) is 0 Å². The molecule has 0 saturated carbocycles. The van der Waals surface area contributed by atoms with Crippen molar-refractivity contribution in [3.8, 4) is 17.2 Å². The monoisotopic (exact) mass is 385 g/mol. The number of rotatable bonds is 7. The molecule has 0 amide bonds. The van der Waals surface area contributed by atoms with E-state index >= 15 is 0 Å². The number of benzene rings is 2. The Bertz CT molecular complexity index is 779. The molecule has 25 heavy (non-hydrogen) atoms. The molecule has 2 rings (SSSR count). The van der Waals surface area contributed by atoms with Gasteiger partial charge < -0.3 is 14.2 Å². The Morgan fingerprint density at radius 2 is 1.68 bits per heavy atom. The first-order valence-electron chi connectivity index (χ1n) is 7.11. The van der Waals surface area contributed by atoms with Crippen molar-refractivity contribution < 1.29 is 23.9 Å². The molecule has 0 saturated heterocycles. The SMILES string of the molecule is CCOC(=O)COc1ccc(Oc2ccc([N+](=O)[O-])cc2)c(Cl)c1Cl. The van der Waals surface area contributed by atoms with Crippen LogP contribution < -0.4 is 9.47 Å². The van der Waals surface area contributed by atoms with Crippen LogP contribution in [0.4, 0.5) is 5.69 Å². The molecule has 0 bridgehead atoms. The average molecular weight is 386 g/mol. The van der Waals surface area contributed by atoms with Crippen LogP contribution in [0.15, 0.2) is 36.4 Å². The van der Waals surface area contributed by atoms with Gasteiger partial charge in [-0.05, 0) is 31.2 Å². The number of nitro benzene ring substituents is 1. The summed E-state index contributed by atoms with van der Waals surface area (Å²) >= 11 is 12.3. The van der Waals surface area contributed by atoms with E-state index < -0.39 is 10.9 Å². The Balaban J connectivity index is 2.11. The van der Waals surface area contributed by atoms with Crippen LogP contribution >= 0.6 is 23.2 Å². The first-order chi connectivity index (χ1) is 11.9. The smallest absolute Gasteiger partial charge is 0.344 e. The second-order valence-corrected chi connectivity index (χ2v) is 5.39. The average Bonchev–Trinajstić information content (AvgIpc) is 2.59. The number of esters is 1. The van der Waals surface area contributed by atoms with Gasteiger partial charge in [0.2, 0.25) is 0 Å². The molecule has 0 heterocycles. The summed E-state index contributed by atoms with van der Waals surface area (Å²) in [6, 6.07) is 8.49. The third kappa shape index (κ3) is 4.98. The van der Waals surface area contributed by atoms with Crippen molar-refractivity contribution in [3.05, 3.63) is 56.6 Å². The number of nitro groups is 1. The molecule has 0 aromatic heterocycles. The zero-order chi connectivity index (χ0) is 18.4. The molecule has 2 aromatic carbocycles. The molecule has 0 unspecified atom stereocenters. The maximum Gasteiger partial charge on any atom is 0.344 e. The number of carbonyl (C=O) groups is 1. The molecular formula is C16H13Cl2NO6. The van der Waals surface area contributed by atoms with Gasteiger partial charge in [0.25, 0.3) is 5.69 Å². The number of halogens is 2. The molecule has 0 spiro atoms. The first kappa shape index (κ1) is 18.8. The lowest BCUT2D eigenvalue weighted by Gasteiger charge is -2.12. The van der Waals surface area contributed by atoms with Crippen LogP contribution in [0.3, 0.4) is 0 Å². The van der Waals surface area contributed by atoms with E-state index in [1.807, 2.05) is 0 Å². The highest BCUT2D eigenvalue weighted by Crippen LogP contribution is 2.40. The fourth-order valence-corrected chi connectivity index (χ4v) is 2.21. The largest absolute Gasteiger partial charge is 0.480 e. The molecule has 0 atom stereocenters. The lowest BCUT2D eigenvalue weighted by atomic mass is 10.3. The maximum absolute atomic E-state index is 11.3. The minimum absolute atomic E-state index is 0.0563. The van der Waals surface area contributed by atoms with Crippen molar-refractivity contribution >= 4 is 34.9 Å². The lowest BCUT2D eigenvalue weighted by Crippen LogP contribution is -2.14. The molecule has 0 fully saturated rings. The number of non-ortho nitro benzene ring substituents is 1. The summed E-state index contributed by atoms with van der Waals surface area (Å²) in [6.07, 6.45) is 0. The van der Waals surface area contributed by atoms with Crippen LogP contribution in [0.25, 0.3) is 0 Å². The molecular weight excluding hydrogens is 373 g/mol. The van der Waals surface area contributed by atoms with E-state index in [-0.39, 0.29) is 40.4 Å². The summed E-state index contributed by atoms with van der Waals surface area (Å²) < 4.78 is 15.6. The van der Waals surface area contributed by atoms with Crippen LogP contribution in [0, 0.1) is 10.1 Å². The van der Waals surface area contributed by atoms with Crippen LogP contribution in [0.5, 0.6) is 17.2 Å². The summed E-state index contributed by atoms with van der Waals surface area (Å²) in [7, 11) is 0. The Labute approximate surface area is 153 Å². The highest BCUT2D eigenvalue weighted by Gasteiger charge is 2.15. The van der Waals surface area contributed by atoms with Gasteiger partial charge in [0, 0.05) is 12.1 Å². The van der Waals surface area contributed by atoms with Gasteiger partial charge in [-0.25, -0.2) is 4.79 Å². The van der Waals surface area contributed by atoms with Gasteiger partial charge in [0.15, 0.2) is 6.61 Å². The van der Waals surface area contributed by atoms with E-state index in [0.29, 0.717) is 5.75 Å². The summed E-state index contributed by atoms with van der Waals surface area (Å²) in [6.45, 7) is 1.64. The second kappa shape index (κ2) is 8.55. The molecule has 7 nitrogen and oxygen atoms in total. The minimum Gasteiger partial charge on any atom is -0.480 e. The zero-order valence-corrected chi connectivity index (χ0v) is 14.5. The summed E-state index contributed by atoms with van der Waals surface area (Å²) in [5, 5.41) is 10.8. The zero-order valence-electron chi connectivity index (χ0n) is 13.0. The highest BCUT2D eigenvalue weighted by molar-refractivity contribution is 6.43. The van der Waals surface area contributed by atoms with Crippen LogP contribution in [-0.2, 0) is 9.53 Å². The molecule has 9 heteroatoms. The van der Waals surface area contributed by atoms with Gasteiger partial charge in [-0.3, -0.25) is 10.1 Å². The highest BCUT2D eigenvalue weighted by atomic mass is 35.5. The van der Waals surface area contributed by atoms with E-state index in [0.717, 1.165) is 0 Å². The predicted molar refractivity (Wildman–Crippen MR) is 91.8 cm³/mol. The second-order valence-electron chi connectivity index (χ2n) is 4.64. The number of carbonyl (C=O) groups excluding carboxylic acids is 1. The lowest BCUT2D eigenvalue weighted by molar-refractivity contribution is -0.384. The number of ether oxygens (including phenoxy) is 3. The van der Waals surface area contributed by atoms with Gasteiger partial charge in [-0.1, -0.05) is 23.2 Å². The minimum atomic E-state index is -0.527. The molecule has 0 N–H and O–H groups in total. The molecule has 0 aliphatic heterocycles. The number of hydrogen-bond donors (Lipinski definition) is 0. The van der Waals surface area contributed by atoms with Crippen LogP contribution in [0.1, 0.15) is 6.92 Å². The van der Waals surface area contributed by atoms with Gasteiger partial charge in [0.1, 0.15) is 27.3 Å². The van der Waals surface area contributed by atoms with Crippen molar-refractivity contribution in [1.29, 1.82) is 0 Å². The fourth-order valence-electron chi connectivity index (χ4n) is 1.81. The summed E-state index contributed by atoms with van der Waals surface area (Å²) in [5.41, 5.74) is -0.0563. The molecule has 0 radical (unpaired) electrons. The summed E-state index contributed by atoms with van der Waals surface area (Å²) in [4.78, 5) is 21.4. The third-order valence-corrected chi connectivity index (χ3v) is 3.78. The van der Waals surface area contributed by atoms with Gasteiger partial charge >= 0.3 is 5.97 Å². The van der Waals surface area contributed by atoms with Gasteiger partial charge in [-0.2, -0.15) is 0 Å². The van der Waals surface area contributed by atoms with Crippen molar-refractivity contribution in [2.24, 2.45) is 0 Å². The predicted octanol–water partition coefficient (Wildman–Crippen LogP) is 4.64. The van der Waals surface area contributed by atoms with Crippen molar-refractivity contribution in [2.45, 2.75) is 6.92 Å². The van der Waals surface area contributed by atoms with Gasteiger partial charge in [0.05, 0.1) is 11.5 Å². The van der Waals surface area contributed by atoms with E-state index in [1.165, 1.54) is 36.4 Å². The van der Waals surface area contributed by atoms with E-state index in [9.17, 15) is 14.9 Å². The number of nitrogens with zero attached hydrogens (tertiary/aromatic N) is 1. The van der Waals surface area contributed by atoms with Crippen molar-refractivity contribution in [2.75, 3.05) is 13.2 Å². The third-order valence-electron chi connectivity index (χ3n) is 2.94. The Kier molecular flexibility index (Phi) is 6.44. The van der Waals surface area contributed by atoms with E-state index in [2.05, 4.69) is 0 Å². The van der Waals surface area contributed by atoms with Crippen molar-refractivity contribution in [3.63, 3.8) is 0 Å². The molecule has 0 aliphatic carbocycles. The Morgan fingerprint density at radius 3 is 2.28 bits per heavy atom. The maximum atomic E-state index is 11.3. The quantitative estimate of drug-likeness (QED) is 0.392. The molecule has 0 aliphatic rings. The Hall–Kier alpha value is -2.51. The summed E-state index contributed by atoms with van der Waals surface area (Å²) in [5.74, 6) is 0.268. The van der Waals surface area contributed by atoms with Crippen LogP contribution in [-0.4, -0.2) is 24.1 Å². The van der Waals surface area contributed by atoms with Gasteiger partial charge in [-0.15, -0.1) is 0 Å². The molecule has 2 aromatic rings. The first-order valence-corrected chi connectivity index (χ1v) is 7.86. The number of hydrogen-bond acceptors (Lipinski definition) is 6. The Morgan fingerprint density at radius 1 is 1.08 bits per heavy atom. The molecule has 132 valence electrons. The normalized spacial score (nSPS) is 10.2. The topological polar surface area (TPSA) is 87.9 Å². The fraction of sp³-hybridized carbons (Fsp3) is 0.188. The van der Waals surface area contributed by atoms with E-state index in [4.69, 9.17) is 37.4 Å². The van der Waals surface area contributed by atoms with E-state index in [1.54, 1.807) is 6.92 Å². The van der Waals surface area contributed by atoms with Crippen LogP contribution in [0.2, 0.25) is 10.0 Å². The standard InChI is InChI=1S/C16H13Cl2NO6/c1-2-23-14(20)9-24-12-7-8-13(16(18)15(12)17)25-11-5-3-10(4-6-11)19(21)22/h3-8H,2,9H2,1H3.